The maximum Gasteiger partial charge on any atom is 0.338 e. The number of hydrogen-bond donors (Lipinski definition) is 1. The predicted octanol–water partition coefficient (Wildman–Crippen LogP) is 3.13. The highest BCUT2D eigenvalue weighted by molar-refractivity contribution is 7.98. The van der Waals surface area contributed by atoms with E-state index in [4.69, 9.17) is 10.6 Å². The molecule has 0 radical (unpaired) electrons. The SMILES string of the molecule is CCOC(=O)c1ccc(CSc2nnc(-c3ccccc3)n2N)cc1. The second-order valence-electron chi connectivity index (χ2n) is 5.25. The van der Waals surface area contributed by atoms with Crippen LogP contribution in [0.2, 0.25) is 0 Å². The molecule has 7 heteroatoms. The monoisotopic (exact) mass is 354 g/mol. The van der Waals surface area contributed by atoms with Crippen molar-refractivity contribution in [3.8, 4) is 11.4 Å². The Kier molecular flexibility index (Phi) is 5.35. The summed E-state index contributed by atoms with van der Waals surface area (Å²) in [5.41, 5.74) is 2.52. The number of esters is 1. The molecule has 0 amide bonds. The van der Waals surface area contributed by atoms with Gasteiger partial charge in [0.05, 0.1) is 12.2 Å². The van der Waals surface area contributed by atoms with Crippen LogP contribution in [0.5, 0.6) is 0 Å². The van der Waals surface area contributed by atoms with Gasteiger partial charge in [0, 0.05) is 11.3 Å². The summed E-state index contributed by atoms with van der Waals surface area (Å²) in [5.74, 6) is 7.10. The maximum absolute atomic E-state index is 11.7. The minimum atomic E-state index is -0.309. The number of aromatic nitrogens is 3. The fraction of sp³-hybridized carbons (Fsp3) is 0.167. The number of thioether (sulfide) groups is 1. The van der Waals surface area contributed by atoms with Gasteiger partial charge in [0.15, 0.2) is 5.82 Å². The molecule has 128 valence electrons. The molecule has 0 fully saturated rings. The van der Waals surface area contributed by atoms with Gasteiger partial charge in [-0.3, -0.25) is 0 Å². The van der Waals surface area contributed by atoms with E-state index in [2.05, 4.69) is 10.2 Å². The first-order valence-corrected chi connectivity index (χ1v) is 8.82. The van der Waals surface area contributed by atoms with Gasteiger partial charge in [-0.2, -0.15) is 0 Å². The molecule has 0 bridgehead atoms. The van der Waals surface area contributed by atoms with E-state index in [0.29, 0.717) is 28.9 Å². The van der Waals surface area contributed by atoms with Crippen molar-refractivity contribution in [1.82, 2.24) is 14.9 Å². The van der Waals surface area contributed by atoms with Gasteiger partial charge in [0.25, 0.3) is 0 Å². The number of nitrogen functional groups attached to an aromatic ring is 1. The van der Waals surface area contributed by atoms with Crippen LogP contribution in [0.15, 0.2) is 59.8 Å². The second-order valence-corrected chi connectivity index (χ2v) is 6.19. The van der Waals surface area contributed by atoms with Crippen molar-refractivity contribution >= 4 is 17.7 Å². The van der Waals surface area contributed by atoms with Crippen molar-refractivity contribution in [3.63, 3.8) is 0 Å². The smallest absolute Gasteiger partial charge is 0.338 e. The van der Waals surface area contributed by atoms with Gasteiger partial charge in [-0.15, -0.1) is 10.2 Å². The number of rotatable bonds is 6. The van der Waals surface area contributed by atoms with Crippen LogP contribution in [-0.4, -0.2) is 27.4 Å². The molecule has 3 rings (SSSR count). The molecule has 25 heavy (non-hydrogen) atoms. The van der Waals surface area contributed by atoms with Gasteiger partial charge in [-0.05, 0) is 24.6 Å². The van der Waals surface area contributed by atoms with E-state index in [-0.39, 0.29) is 5.97 Å². The molecule has 0 saturated heterocycles. The fourth-order valence-electron chi connectivity index (χ4n) is 2.26. The van der Waals surface area contributed by atoms with Crippen LogP contribution in [-0.2, 0) is 10.5 Å². The van der Waals surface area contributed by atoms with Crippen LogP contribution < -0.4 is 5.84 Å². The minimum absolute atomic E-state index is 0.309. The Hall–Kier alpha value is -2.80. The summed E-state index contributed by atoms with van der Waals surface area (Å²) in [6, 6.07) is 17.0. The molecule has 0 aliphatic rings. The molecule has 1 aromatic heterocycles. The minimum Gasteiger partial charge on any atom is -0.462 e. The van der Waals surface area contributed by atoms with Crippen molar-refractivity contribution in [2.75, 3.05) is 12.4 Å². The van der Waals surface area contributed by atoms with E-state index < -0.39 is 0 Å². The summed E-state index contributed by atoms with van der Waals surface area (Å²) in [4.78, 5) is 11.7. The van der Waals surface area contributed by atoms with Crippen LogP contribution in [0.4, 0.5) is 0 Å². The lowest BCUT2D eigenvalue weighted by Gasteiger charge is -2.05. The molecule has 0 aliphatic carbocycles. The number of carbonyl (C=O) groups excluding carboxylic acids is 1. The van der Waals surface area contributed by atoms with E-state index in [0.717, 1.165) is 11.1 Å². The number of ether oxygens (including phenoxy) is 1. The van der Waals surface area contributed by atoms with Crippen molar-refractivity contribution in [2.24, 2.45) is 0 Å². The molecule has 0 unspecified atom stereocenters. The average Bonchev–Trinajstić information content (AvgIpc) is 3.02. The molecular formula is C18H18N4O2S. The first-order chi connectivity index (χ1) is 12.2. The van der Waals surface area contributed by atoms with Gasteiger partial charge in [0.2, 0.25) is 5.16 Å². The van der Waals surface area contributed by atoms with E-state index in [9.17, 15) is 4.79 Å². The molecule has 0 saturated carbocycles. The average molecular weight is 354 g/mol. The molecule has 2 aromatic carbocycles. The molecule has 3 aromatic rings. The maximum atomic E-state index is 11.7. The van der Waals surface area contributed by atoms with Crippen LogP contribution in [0.3, 0.4) is 0 Å². The lowest BCUT2D eigenvalue weighted by molar-refractivity contribution is 0.0526. The molecule has 0 spiro atoms. The van der Waals surface area contributed by atoms with E-state index in [1.54, 1.807) is 19.1 Å². The quantitative estimate of drug-likeness (QED) is 0.416. The summed E-state index contributed by atoms with van der Waals surface area (Å²) >= 11 is 1.49. The van der Waals surface area contributed by atoms with Gasteiger partial charge in [-0.25, -0.2) is 9.47 Å². The Balaban J connectivity index is 1.66. The summed E-state index contributed by atoms with van der Waals surface area (Å²) in [5, 5.41) is 8.95. The fourth-order valence-corrected chi connectivity index (χ4v) is 3.07. The lowest BCUT2D eigenvalue weighted by Crippen LogP contribution is -2.11. The summed E-state index contributed by atoms with van der Waals surface area (Å²) in [6.07, 6.45) is 0. The van der Waals surface area contributed by atoms with E-state index in [1.807, 2.05) is 42.5 Å². The van der Waals surface area contributed by atoms with Gasteiger partial charge in [0.1, 0.15) is 0 Å². The molecule has 1 heterocycles. The number of nitrogens with zero attached hydrogens (tertiary/aromatic N) is 3. The molecule has 0 atom stereocenters. The second kappa shape index (κ2) is 7.85. The predicted molar refractivity (Wildman–Crippen MR) is 97.6 cm³/mol. The molecule has 2 N–H and O–H groups in total. The topological polar surface area (TPSA) is 83.0 Å². The van der Waals surface area contributed by atoms with E-state index >= 15 is 0 Å². The Morgan fingerprint density at radius 2 is 1.84 bits per heavy atom. The zero-order valence-corrected chi connectivity index (χ0v) is 14.6. The van der Waals surface area contributed by atoms with Crippen LogP contribution >= 0.6 is 11.8 Å². The Bertz CT molecular complexity index is 847. The van der Waals surface area contributed by atoms with Crippen molar-refractivity contribution < 1.29 is 9.53 Å². The highest BCUT2D eigenvalue weighted by Crippen LogP contribution is 2.24. The third-order valence-corrected chi connectivity index (χ3v) is 4.54. The standard InChI is InChI=1S/C18H18N4O2S/c1-2-24-17(23)15-10-8-13(9-11-15)12-25-18-21-20-16(22(18)19)14-6-4-3-5-7-14/h3-11H,2,12,19H2,1H3. The Morgan fingerprint density at radius 1 is 1.12 bits per heavy atom. The Labute approximate surface area is 150 Å². The van der Waals surface area contributed by atoms with Gasteiger partial charge in [-0.1, -0.05) is 54.2 Å². The molecule has 6 nitrogen and oxygen atoms in total. The van der Waals surface area contributed by atoms with Crippen molar-refractivity contribution in [2.45, 2.75) is 17.8 Å². The normalized spacial score (nSPS) is 10.6. The van der Waals surface area contributed by atoms with Crippen molar-refractivity contribution in [1.29, 1.82) is 0 Å². The van der Waals surface area contributed by atoms with Crippen LogP contribution in [0.1, 0.15) is 22.8 Å². The summed E-state index contributed by atoms with van der Waals surface area (Å²) in [6.45, 7) is 2.15. The number of hydrogen-bond acceptors (Lipinski definition) is 6. The zero-order chi connectivity index (χ0) is 17.6. The lowest BCUT2D eigenvalue weighted by atomic mass is 10.1. The van der Waals surface area contributed by atoms with Gasteiger partial charge >= 0.3 is 5.97 Å². The molecule has 0 aliphatic heterocycles. The third kappa shape index (κ3) is 4.00. The third-order valence-electron chi connectivity index (χ3n) is 3.53. The van der Waals surface area contributed by atoms with Crippen LogP contribution in [0.25, 0.3) is 11.4 Å². The highest BCUT2D eigenvalue weighted by Gasteiger charge is 2.12. The first-order valence-electron chi connectivity index (χ1n) is 7.84. The van der Waals surface area contributed by atoms with Crippen molar-refractivity contribution in [3.05, 3.63) is 65.7 Å². The van der Waals surface area contributed by atoms with Crippen LogP contribution in [0, 0.1) is 0 Å². The highest BCUT2D eigenvalue weighted by atomic mass is 32.2. The molecular weight excluding hydrogens is 336 g/mol. The summed E-state index contributed by atoms with van der Waals surface area (Å²) < 4.78 is 6.47. The van der Waals surface area contributed by atoms with Gasteiger partial charge < -0.3 is 10.6 Å². The summed E-state index contributed by atoms with van der Waals surface area (Å²) in [7, 11) is 0. The largest absolute Gasteiger partial charge is 0.462 e. The zero-order valence-electron chi connectivity index (χ0n) is 13.8. The number of carbonyl (C=O) groups is 1. The van der Waals surface area contributed by atoms with E-state index in [1.165, 1.54) is 16.4 Å². The Morgan fingerprint density at radius 3 is 2.52 bits per heavy atom. The number of benzene rings is 2. The first kappa shape index (κ1) is 17.0. The number of nitrogens with two attached hydrogens (primary N) is 1.